The monoisotopic (exact) mass is 462 g/mol. The van der Waals surface area contributed by atoms with Gasteiger partial charge in [0, 0.05) is 5.69 Å². The number of nitrogens with one attached hydrogen (secondary N) is 1. The molecule has 0 saturated heterocycles. The number of ether oxygens (including phenoxy) is 1. The number of carbonyl (C=O) groups is 1. The Morgan fingerprint density at radius 2 is 1.87 bits per heavy atom. The molecule has 11 heteroatoms. The Bertz CT molecular complexity index is 1030. The van der Waals surface area contributed by atoms with Crippen molar-refractivity contribution in [2.24, 2.45) is 0 Å². The molecule has 0 atom stereocenters. The van der Waals surface area contributed by atoms with Crippen LogP contribution in [0.3, 0.4) is 0 Å². The third kappa shape index (κ3) is 6.39. The molecular weight excluding hydrogens is 445 g/mol. The summed E-state index contributed by atoms with van der Waals surface area (Å²) in [6, 6.07) is 8.45. The zero-order valence-electron chi connectivity index (χ0n) is 15.7. The number of nitrogens with zero attached hydrogens (tertiary/aromatic N) is 1. The molecule has 0 spiro atoms. The van der Waals surface area contributed by atoms with Gasteiger partial charge in [0.2, 0.25) is 15.9 Å². The van der Waals surface area contributed by atoms with E-state index in [1.54, 1.807) is 18.2 Å². The first-order valence-corrected chi connectivity index (χ1v) is 10.6. The van der Waals surface area contributed by atoms with Crippen molar-refractivity contribution in [3.63, 3.8) is 0 Å². The Kier molecular flexibility index (Phi) is 7.38. The van der Waals surface area contributed by atoms with Gasteiger partial charge in [-0.15, -0.1) is 0 Å². The number of sulfonamides is 1. The summed E-state index contributed by atoms with van der Waals surface area (Å²) in [5, 5.41) is 2.23. The zero-order chi connectivity index (χ0) is 22.5. The number of amides is 1. The number of hydrogen-bond acceptors (Lipinski definition) is 4. The lowest BCUT2D eigenvalue weighted by Gasteiger charge is -2.24. The predicted octanol–water partition coefficient (Wildman–Crippen LogP) is 4.33. The Morgan fingerprint density at radius 1 is 1.23 bits per heavy atom. The summed E-state index contributed by atoms with van der Waals surface area (Å²) in [4.78, 5) is 12.4. The second-order valence-electron chi connectivity index (χ2n) is 6.11. The molecule has 0 unspecified atom stereocenters. The second kappa shape index (κ2) is 9.40. The van der Waals surface area contributed by atoms with Crippen LogP contribution in [0.15, 0.2) is 55.1 Å². The maximum atomic E-state index is 13.0. The SMILES string of the molecule is C=CCOc1ccc(NC(=O)CN(c2cc(C(F)(F)F)ccc2Cl)S(C)(=O)=O)cc1. The Labute approximate surface area is 176 Å². The largest absolute Gasteiger partial charge is 0.490 e. The molecule has 1 amide bonds. The van der Waals surface area contributed by atoms with Crippen LogP contribution in [0.4, 0.5) is 24.5 Å². The van der Waals surface area contributed by atoms with Gasteiger partial charge in [-0.3, -0.25) is 9.10 Å². The molecule has 0 aliphatic carbocycles. The minimum Gasteiger partial charge on any atom is -0.490 e. The molecule has 0 bridgehead atoms. The Balaban J connectivity index is 2.24. The van der Waals surface area contributed by atoms with Crippen molar-refractivity contribution in [2.75, 3.05) is 29.0 Å². The third-order valence-electron chi connectivity index (χ3n) is 3.74. The van der Waals surface area contributed by atoms with E-state index in [9.17, 15) is 26.4 Å². The molecule has 2 rings (SSSR count). The lowest BCUT2D eigenvalue weighted by Crippen LogP contribution is -2.37. The molecule has 162 valence electrons. The molecule has 0 radical (unpaired) electrons. The average Bonchev–Trinajstić information content (AvgIpc) is 2.64. The number of benzene rings is 2. The fourth-order valence-electron chi connectivity index (χ4n) is 2.38. The van der Waals surface area contributed by atoms with Gasteiger partial charge >= 0.3 is 6.18 Å². The van der Waals surface area contributed by atoms with Gasteiger partial charge in [0.15, 0.2) is 0 Å². The van der Waals surface area contributed by atoms with Crippen LogP contribution in [0.2, 0.25) is 5.02 Å². The van der Waals surface area contributed by atoms with Gasteiger partial charge in [0.05, 0.1) is 22.5 Å². The highest BCUT2D eigenvalue weighted by Gasteiger charge is 2.33. The van der Waals surface area contributed by atoms with Gasteiger partial charge in [0.25, 0.3) is 0 Å². The maximum absolute atomic E-state index is 13.0. The first-order chi connectivity index (χ1) is 13.9. The Morgan fingerprint density at radius 3 is 2.40 bits per heavy atom. The van der Waals surface area contributed by atoms with Crippen LogP contribution in [0.25, 0.3) is 0 Å². The van der Waals surface area contributed by atoms with Crippen molar-refractivity contribution in [1.29, 1.82) is 0 Å². The number of rotatable bonds is 8. The van der Waals surface area contributed by atoms with E-state index in [1.807, 2.05) is 0 Å². The molecule has 0 aliphatic heterocycles. The lowest BCUT2D eigenvalue weighted by molar-refractivity contribution is -0.137. The molecule has 0 aliphatic rings. The van der Waals surface area contributed by atoms with Crippen molar-refractivity contribution in [3.8, 4) is 5.75 Å². The van der Waals surface area contributed by atoms with E-state index in [-0.39, 0.29) is 5.02 Å². The summed E-state index contributed by atoms with van der Waals surface area (Å²) < 4.78 is 69.2. The summed E-state index contributed by atoms with van der Waals surface area (Å²) >= 11 is 5.92. The second-order valence-corrected chi connectivity index (χ2v) is 8.42. The van der Waals surface area contributed by atoms with E-state index in [1.165, 1.54) is 12.1 Å². The van der Waals surface area contributed by atoms with E-state index in [0.717, 1.165) is 18.4 Å². The molecule has 2 aromatic rings. The van der Waals surface area contributed by atoms with Gasteiger partial charge in [-0.1, -0.05) is 24.3 Å². The third-order valence-corrected chi connectivity index (χ3v) is 5.18. The minimum atomic E-state index is -4.71. The van der Waals surface area contributed by atoms with E-state index in [0.29, 0.717) is 28.4 Å². The molecule has 30 heavy (non-hydrogen) atoms. The summed E-state index contributed by atoms with van der Waals surface area (Å²) in [5.41, 5.74) is -1.20. The molecule has 1 N–H and O–H groups in total. The maximum Gasteiger partial charge on any atom is 0.416 e. The van der Waals surface area contributed by atoms with Crippen LogP contribution in [-0.4, -0.2) is 33.7 Å². The normalized spacial score (nSPS) is 11.6. The highest BCUT2D eigenvalue weighted by molar-refractivity contribution is 7.92. The number of halogens is 4. The topological polar surface area (TPSA) is 75.7 Å². The van der Waals surface area contributed by atoms with Gasteiger partial charge in [0.1, 0.15) is 18.9 Å². The fourth-order valence-corrected chi connectivity index (χ4v) is 3.51. The number of carbonyl (C=O) groups excluding carboxylic acids is 1. The van der Waals surface area contributed by atoms with Crippen LogP contribution < -0.4 is 14.4 Å². The van der Waals surface area contributed by atoms with Crippen LogP contribution in [0, 0.1) is 0 Å². The number of hydrogen-bond donors (Lipinski definition) is 1. The molecular formula is C19H18ClF3N2O4S. The van der Waals surface area contributed by atoms with E-state index in [2.05, 4.69) is 11.9 Å². The highest BCUT2D eigenvalue weighted by Crippen LogP contribution is 2.36. The summed E-state index contributed by atoms with van der Waals surface area (Å²) in [6.45, 7) is 3.05. The van der Waals surface area contributed by atoms with Crippen molar-refractivity contribution in [2.45, 2.75) is 6.18 Å². The Hall–Kier alpha value is -2.72. The van der Waals surface area contributed by atoms with Crippen LogP contribution in [0.5, 0.6) is 5.75 Å². The smallest absolute Gasteiger partial charge is 0.416 e. The van der Waals surface area contributed by atoms with Crippen LogP contribution >= 0.6 is 11.6 Å². The summed E-state index contributed by atoms with van der Waals surface area (Å²) in [5.74, 6) is -0.241. The fraction of sp³-hybridized carbons (Fsp3) is 0.211. The molecule has 0 heterocycles. The summed E-state index contributed by atoms with van der Waals surface area (Å²) in [6.07, 6.45) is -2.38. The molecule has 2 aromatic carbocycles. The van der Waals surface area contributed by atoms with E-state index >= 15 is 0 Å². The number of alkyl halides is 3. The van der Waals surface area contributed by atoms with Crippen molar-refractivity contribution in [3.05, 3.63) is 65.7 Å². The number of anilines is 2. The first-order valence-electron chi connectivity index (χ1n) is 8.40. The van der Waals surface area contributed by atoms with Gasteiger partial charge in [-0.05, 0) is 42.5 Å². The molecule has 0 aromatic heterocycles. The standard InChI is InChI=1S/C19H18ClF3N2O4S/c1-3-10-29-15-7-5-14(6-8-15)24-18(26)12-25(30(2,27)28)17-11-13(19(21,22)23)4-9-16(17)20/h3-9,11H,1,10,12H2,2H3,(H,24,26). The van der Waals surface area contributed by atoms with Gasteiger partial charge < -0.3 is 10.1 Å². The summed E-state index contributed by atoms with van der Waals surface area (Å²) in [7, 11) is -4.12. The zero-order valence-corrected chi connectivity index (χ0v) is 17.3. The van der Waals surface area contributed by atoms with E-state index < -0.39 is 39.9 Å². The van der Waals surface area contributed by atoms with Crippen molar-refractivity contribution in [1.82, 2.24) is 0 Å². The molecule has 6 nitrogen and oxygen atoms in total. The van der Waals surface area contributed by atoms with Crippen LogP contribution in [0.1, 0.15) is 5.56 Å². The predicted molar refractivity (Wildman–Crippen MR) is 109 cm³/mol. The first kappa shape index (κ1) is 23.6. The molecule has 0 fully saturated rings. The van der Waals surface area contributed by atoms with Gasteiger partial charge in [-0.2, -0.15) is 13.2 Å². The highest BCUT2D eigenvalue weighted by atomic mass is 35.5. The van der Waals surface area contributed by atoms with Crippen LogP contribution in [-0.2, 0) is 21.0 Å². The van der Waals surface area contributed by atoms with Crippen molar-refractivity contribution < 1.29 is 31.1 Å². The average molecular weight is 463 g/mol. The van der Waals surface area contributed by atoms with E-state index in [4.69, 9.17) is 16.3 Å². The van der Waals surface area contributed by atoms with Gasteiger partial charge in [-0.25, -0.2) is 8.42 Å². The molecule has 0 saturated carbocycles. The quantitative estimate of drug-likeness (QED) is 0.592. The lowest BCUT2D eigenvalue weighted by atomic mass is 10.2. The minimum absolute atomic E-state index is 0.245. The van der Waals surface area contributed by atoms with Crippen molar-refractivity contribution >= 4 is 38.9 Å².